The van der Waals surface area contributed by atoms with E-state index < -0.39 is 5.82 Å². The average Bonchev–Trinajstić information content (AvgIpc) is 3.41. The lowest BCUT2D eigenvalue weighted by molar-refractivity contribution is 0.101. The fraction of sp³-hybridized carbons (Fsp3) is 0.238. The zero-order chi connectivity index (χ0) is 18.4. The molecule has 1 fully saturated rings. The third-order valence-electron chi connectivity index (χ3n) is 4.79. The van der Waals surface area contributed by atoms with E-state index in [1.54, 1.807) is 10.6 Å². The van der Waals surface area contributed by atoms with Gasteiger partial charge in [0.2, 0.25) is 0 Å². The number of hydrogen-bond donors (Lipinski definition) is 1. The zero-order valence-corrected chi connectivity index (χ0v) is 14.7. The summed E-state index contributed by atoms with van der Waals surface area (Å²) >= 11 is 0. The van der Waals surface area contributed by atoms with Crippen LogP contribution in [0.15, 0.2) is 47.3 Å². The van der Waals surface area contributed by atoms with E-state index in [-0.39, 0.29) is 23.2 Å². The van der Waals surface area contributed by atoms with Crippen LogP contribution in [0.2, 0.25) is 0 Å². The van der Waals surface area contributed by atoms with Crippen LogP contribution in [0.4, 0.5) is 10.1 Å². The molecule has 1 N–H and O–H groups in total. The molecule has 1 aliphatic rings. The number of aryl methyl sites for hydroxylation is 2. The highest BCUT2D eigenvalue weighted by atomic mass is 19.1. The molecule has 2 aromatic carbocycles. The van der Waals surface area contributed by atoms with E-state index in [0.29, 0.717) is 16.5 Å². The first-order chi connectivity index (χ1) is 12.4. The van der Waals surface area contributed by atoms with Crippen LogP contribution in [0.3, 0.4) is 0 Å². The molecule has 0 bridgehead atoms. The minimum absolute atomic E-state index is 0.0387. The van der Waals surface area contributed by atoms with Crippen LogP contribution < -0.4 is 10.9 Å². The molecule has 0 atom stereocenters. The number of anilines is 1. The molecule has 3 aromatic rings. The largest absolute Gasteiger partial charge is 0.320 e. The molecule has 0 radical (unpaired) electrons. The van der Waals surface area contributed by atoms with Crippen molar-refractivity contribution in [2.24, 2.45) is 0 Å². The van der Waals surface area contributed by atoms with Crippen LogP contribution in [0, 0.1) is 19.7 Å². The molecule has 5 heteroatoms. The van der Waals surface area contributed by atoms with Crippen LogP contribution in [-0.2, 0) is 0 Å². The Morgan fingerprint density at radius 2 is 1.88 bits per heavy atom. The molecule has 4 rings (SSSR count). The third-order valence-corrected chi connectivity index (χ3v) is 4.79. The normalized spacial score (nSPS) is 13.8. The molecule has 0 spiro atoms. The molecule has 1 saturated carbocycles. The maximum absolute atomic E-state index is 13.6. The molecule has 4 nitrogen and oxygen atoms in total. The van der Waals surface area contributed by atoms with Gasteiger partial charge in [-0.1, -0.05) is 17.7 Å². The summed E-state index contributed by atoms with van der Waals surface area (Å²) in [6.07, 6.45) is 1.74. The topological polar surface area (TPSA) is 51.1 Å². The van der Waals surface area contributed by atoms with Crippen molar-refractivity contribution in [2.45, 2.75) is 32.7 Å². The van der Waals surface area contributed by atoms with Crippen LogP contribution in [0.5, 0.6) is 0 Å². The van der Waals surface area contributed by atoms with Gasteiger partial charge >= 0.3 is 0 Å². The number of carbonyl (C=O) groups excluding carboxylic acids is 1. The molecule has 132 valence electrons. The summed E-state index contributed by atoms with van der Waals surface area (Å²) in [5.74, 6) is -0.783. The summed E-state index contributed by atoms with van der Waals surface area (Å²) in [7, 11) is 0. The number of carbonyl (C=O) groups is 1. The Labute approximate surface area is 150 Å². The molecular weight excluding hydrogens is 331 g/mol. The second-order valence-corrected chi connectivity index (χ2v) is 6.94. The van der Waals surface area contributed by atoms with Crippen molar-refractivity contribution in [3.05, 3.63) is 75.5 Å². The van der Waals surface area contributed by atoms with Crippen molar-refractivity contribution in [3.8, 4) is 0 Å². The zero-order valence-electron chi connectivity index (χ0n) is 14.7. The van der Waals surface area contributed by atoms with Crippen LogP contribution in [0.25, 0.3) is 10.8 Å². The van der Waals surface area contributed by atoms with Crippen LogP contribution in [-0.4, -0.2) is 10.5 Å². The Morgan fingerprint density at radius 1 is 1.12 bits per heavy atom. The summed E-state index contributed by atoms with van der Waals surface area (Å²) in [6.45, 7) is 3.91. The van der Waals surface area contributed by atoms with E-state index in [4.69, 9.17) is 0 Å². The van der Waals surface area contributed by atoms with Crippen molar-refractivity contribution in [1.29, 1.82) is 0 Å². The van der Waals surface area contributed by atoms with Crippen molar-refractivity contribution < 1.29 is 9.18 Å². The van der Waals surface area contributed by atoms with Crippen molar-refractivity contribution in [2.75, 3.05) is 5.32 Å². The molecule has 1 amide bonds. The number of hydrogen-bond acceptors (Lipinski definition) is 2. The number of nitrogens with one attached hydrogen (secondary N) is 1. The number of aromatic nitrogens is 1. The molecular formula is C21H19FN2O2. The Hall–Kier alpha value is -2.95. The molecule has 1 aromatic heterocycles. The van der Waals surface area contributed by atoms with Gasteiger partial charge in [-0.25, -0.2) is 4.39 Å². The first kappa shape index (κ1) is 16.5. The smallest absolute Gasteiger partial charge is 0.272 e. The summed E-state index contributed by atoms with van der Waals surface area (Å²) in [5.41, 5.74) is 2.79. The quantitative estimate of drug-likeness (QED) is 0.764. The Morgan fingerprint density at radius 3 is 2.58 bits per heavy atom. The molecule has 0 aliphatic heterocycles. The van der Waals surface area contributed by atoms with E-state index in [1.165, 1.54) is 18.2 Å². The monoisotopic (exact) mass is 350 g/mol. The fourth-order valence-corrected chi connectivity index (χ4v) is 3.31. The first-order valence-electron chi connectivity index (χ1n) is 8.67. The van der Waals surface area contributed by atoms with Gasteiger partial charge < -0.3 is 9.88 Å². The summed E-state index contributed by atoms with van der Waals surface area (Å²) in [5, 5.41) is 3.77. The molecule has 1 aliphatic carbocycles. The van der Waals surface area contributed by atoms with E-state index in [0.717, 1.165) is 24.0 Å². The molecule has 26 heavy (non-hydrogen) atoms. The summed E-state index contributed by atoms with van der Waals surface area (Å²) in [6, 6.07) is 11.5. The second-order valence-electron chi connectivity index (χ2n) is 6.94. The number of nitrogens with zero attached hydrogens (tertiary/aromatic N) is 1. The Bertz CT molecular complexity index is 1100. The first-order valence-corrected chi connectivity index (χ1v) is 8.67. The second kappa shape index (κ2) is 6.09. The third kappa shape index (κ3) is 2.90. The number of pyridine rings is 1. The van der Waals surface area contributed by atoms with Gasteiger partial charge in [-0.15, -0.1) is 0 Å². The van der Waals surface area contributed by atoms with Crippen molar-refractivity contribution in [3.63, 3.8) is 0 Å². The Kier molecular flexibility index (Phi) is 3.87. The van der Waals surface area contributed by atoms with Gasteiger partial charge in [0, 0.05) is 17.1 Å². The highest BCUT2D eigenvalue weighted by molar-refractivity contribution is 6.05. The van der Waals surface area contributed by atoms with E-state index in [2.05, 4.69) is 5.32 Å². The minimum atomic E-state index is -0.429. The average molecular weight is 350 g/mol. The van der Waals surface area contributed by atoms with E-state index in [9.17, 15) is 14.0 Å². The van der Waals surface area contributed by atoms with Crippen molar-refractivity contribution >= 4 is 22.4 Å². The number of benzene rings is 2. The van der Waals surface area contributed by atoms with E-state index >= 15 is 0 Å². The van der Waals surface area contributed by atoms with Gasteiger partial charge in [-0.05, 0) is 68.0 Å². The number of halogens is 1. The summed E-state index contributed by atoms with van der Waals surface area (Å²) in [4.78, 5) is 25.8. The number of fused-ring (bicyclic) bond motifs is 1. The predicted molar refractivity (Wildman–Crippen MR) is 100 cm³/mol. The van der Waals surface area contributed by atoms with Gasteiger partial charge in [-0.3, -0.25) is 9.59 Å². The summed E-state index contributed by atoms with van der Waals surface area (Å²) < 4.78 is 15.2. The number of rotatable bonds is 3. The maximum Gasteiger partial charge on any atom is 0.272 e. The van der Waals surface area contributed by atoms with Gasteiger partial charge in [0.1, 0.15) is 11.5 Å². The molecule has 0 saturated heterocycles. The lowest BCUT2D eigenvalue weighted by Gasteiger charge is -2.15. The molecule has 0 unspecified atom stereocenters. The predicted octanol–water partition coefficient (Wildman–Crippen LogP) is 4.34. The van der Waals surface area contributed by atoms with Gasteiger partial charge in [0.25, 0.3) is 11.5 Å². The van der Waals surface area contributed by atoms with Crippen LogP contribution in [0.1, 0.15) is 40.5 Å². The maximum atomic E-state index is 13.6. The SMILES string of the molecule is Cc1ccc(NC(=O)c2cc3cc(F)ccc3c(=O)n2C2CC2)c(C)c1. The van der Waals surface area contributed by atoms with Gasteiger partial charge in [0.05, 0.1) is 0 Å². The fourth-order valence-electron chi connectivity index (χ4n) is 3.31. The molecule has 1 heterocycles. The lowest BCUT2D eigenvalue weighted by Crippen LogP contribution is -2.28. The minimum Gasteiger partial charge on any atom is -0.320 e. The Balaban J connectivity index is 1.82. The van der Waals surface area contributed by atoms with E-state index in [1.807, 2.05) is 32.0 Å². The van der Waals surface area contributed by atoms with Gasteiger partial charge in [-0.2, -0.15) is 0 Å². The number of amides is 1. The van der Waals surface area contributed by atoms with Crippen molar-refractivity contribution in [1.82, 2.24) is 4.57 Å². The highest BCUT2D eigenvalue weighted by Gasteiger charge is 2.29. The van der Waals surface area contributed by atoms with Gasteiger partial charge in [0.15, 0.2) is 0 Å². The van der Waals surface area contributed by atoms with Crippen LogP contribution >= 0.6 is 0 Å². The standard InChI is InChI=1S/C21H19FN2O2/c1-12-3-8-18(13(2)9-12)23-20(25)19-11-14-10-15(22)4-7-17(14)21(26)24(19)16-5-6-16/h3-4,7-11,16H,5-6H2,1-2H3,(H,23,25). The lowest BCUT2D eigenvalue weighted by atomic mass is 10.1. The highest BCUT2D eigenvalue weighted by Crippen LogP contribution is 2.35.